The molecule has 3 aliphatic heterocycles. The number of aliphatic hydroxyl groups is 3. The third-order valence-corrected chi connectivity index (χ3v) is 13.2. The summed E-state index contributed by atoms with van der Waals surface area (Å²) < 4.78 is 35.0. The van der Waals surface area contributed by atoms with Crippen molar-refractivity contribution in [3.63, 3.8) is 0 Å². The van der Waals surface area contributed by atoms with Crippen LogP contribution >= 0.6 is 11.8 Å². The van der Waals surface area contributed by atoms with Crippen LogP contribution in [0.4, 0.5) is 0 Å². The maximum Gasteiger partial charge on any atom is 0.315 e. The third kappa shape index (κ3) is 29.4. The molecule has 478 valence electrons. The molecule has 3 fully saturated rings. The standard InChI is InChI=1S/C50H87N7O17S.6CH4/c1-12-30-38(64)41(37(56-29(2)58)44(71-30)48(3,4)5)72-47-40(66)39(65)42(74-50(9,10)11)43(73-47)45(67)54-19-13-17-51-32(59)15-22-57-35(62)27-31(46(57)68)75-26-16-33(60)53-21-23-69-24-25-70-36(63)28-34(61)52-18-14-20-55-49(6,7)8;;;;;;/h30-31,37-44,47,55,64-66H,12-28H2,1-11H3,(H,51,59)(H,52,61)(H,53,60)(H,54,67)(H,56,58);6*1H4. The first-order valence-electron chi connectivity index (χ1n) is 26.0. The van der Waals surface area contributed by atoms with Gasteiger partial charge < -0.3 is 75.6 Å². The molecule has 9 N–H and O–H groups in total. The van der Waals surface area contributed by atoms with Gasteiger partial charge in [-0.25, -0.2) is 0 Å². The molecule has 0 bridgehead atoms. The number of nitrogens with one attached hydrogen (secondary N) is 6. The molecule has 3 heterocycles. The van der Waals surface area contributed by atoms with Crippen LogP contribution in [-0.2, 0) is 66.8 Å². The summed E-state index contributed by atoms with van der Waals surface area (Å²) >= 11 is 1.17. The van der Waals surface area contributed by atoms with Crippen molar-refractivity contribution in [1.82, 2.24) is 36.8 Å². The summed E-state index contributed by atoms with van der Waals surface area (Å²) in [6.45, 7) is 21.7. The lowest BCUT2D eigenvalue weighted by molar-refractivity contribution is -0.335. The first kappa shape index (κ1) is 83.4. The van der Waals surface area contributed by atoms with Gasteiger partial charge in [-0.15, -0.1) is 11.8 Å². The van der Waals surface area contributed by atoms with Crippen molar-refractivity contribution in [1.29, 1.82) is 0 Å². The highest BCUT2D eigenvalue weighted by molar-refractivity contribution is 8.00. The van der Waals surface area contributed by atoms with Gasteiger partial charge in [0.25, 0.3) is 5.91 Å². The number of nitrogens with zero attached hydrogens (tertiary/aromatic N) is 1. The smallest absolute Gasteiger partial charge is 0.315 e. The molecule has 0 spiro atoms. The largest absolute Gasteiger partial charge is 0.463 e. The highest BCUT2D eigenvalue weighted by Crippen LogP contribution is 2.37. The Morgan fingerprint density at radius 1 is 0.704 bits per heavy atom. The molecule has 3 rings (SSSR count). The van der Waals surface area contributed by atoms with Crippen molar-refractivity contribution < 1.29 is 82.1 Å². The minimum Gasteiger partial charge on any atom is -0.463 e. The van der Waals surface area contributed by atoms with Gasteiger partial charge in [-0.05, 0) is 72.8 Å². The van der Waals surface area contributed by atoms with E-state index in [1.807, 2.05) is 48.5 Å². The maximum absolute atomic E-state index is 13.7. The molecule has 0 radical (unpaired) electrons. The second kappa shape index (κ2) is 39.5. The SMILES string of the molecule is C.C.C.C.C.C.CCC1OC(C(C)(C)C)C(NC(C)=O)C(OC2OC(C(=O)NCCCNC(=O)CCN3C(=O)CC(SCCC(=O)NCCOCCOC(=O)CC(=O)NCCCNC(C)(C)C)C3=O)C(OC(C)(C)C)C(O)C2O)C1O. The van der Waals surface area contributed by atoms with Crippen LogP contribution < -0.4 is 31.9 Å². The van der Waals surface area contributed by atoms with Crippen LogP contribution in [0, 0.1) is 5.41 Å². The van der Waals surface area contributed by atoms with E-state index in [9.17, 15) is 53.7 Å². The Hall–Kier alpha value is -4.05. The number of carbonyl (C=O) groups excluding carboxylic acids is 8. The number of aliphatic hydroxyl groups excluding tert-OH is 3. The number of thioether (sulfide) groups is 1. The molecule has 24 nitrogen and oxygen atoms in total. The van der Waals surface area contributed by atoms with Gasteiger partial charge in [0.2, 0.25) is 35.4 Å². The molecule has 7 amide bonds. The monoisotopic (exact) mass is 1190 g/mol. The van der Waals surface area contributed by atoms with Crippen molar-refractivity contribution in [2.24, 2.45) is 5.41 Å². The molecule has 0 aromatic rings. The van der Waals surface area contributed by atoms with Gasteiger partial charge in [-0.2, -0.15) is 0 Å². The average Bonchev–Trinajstić information content (AvgIpc) is 3.57. The molecule has 3 saturated heterocycles. The predicted molar refractivity (Wildman–Crippen MR) is 315 cm³/mol. The zero-order chi connectivity index (χ0) is 56.3. The Balaban J connectivity index is -0.00000494. The van der Waals surface area contributed by atoms with Crippen LogP contribution in [0.25, 0.3) is 0 Å². The van der Waals surface area contributed by atoms with Gasteiger partial charge in [-0.3, -0.25) is 43.3 Å². The highest BCUT2D eigenvalue weighted by atomic mass is 32.2. The van der Waals surface area contributed by atoms with Crippen LogP contribution in [0.1, 0.15) is 166 Å². The molecule has 11 atom stereocenters. The molecule has 0 aromatic heterocycles. The number of rotatable bonds is 29. The fourth-order valence-corrected chi connectivity index (χ4v) is 9.49. The highest BCUT2D eigenvalue weighted by Gasteiger charge is 2.55. The summed E-state index contributed by atoms with van der Waals surface area (Å²) in [5.74, 6) is -3.55. The molecule has 25 heteroatoms. The van der Waals surface area contributed by atoms with Crippen molar-refractivity contribution in [2.75, 3.05) is 64.8 Å². The van der Waals surface area contributed by atoms with Gasteiger partial charge in [0.15, 0.2) is 12.4 Å². The second-order valence-electron chi connectivity index (χ2n) is 22.0. The Morgan fingerprint density at radius 2 is 1.28 bits per heavy atom. The van der Waals surface area contributed by atoms with E-state index >= 15 is 0 Å². The number of imide groups is 1. The summed E-state index contributed by atoms with van der Waals surface area (Å²) in [4.78, 5) is 102. The van der Waals surface area contributed by atoms with Gasteiger partial charge >= 0.3 is 5.97 Å². The van der Waals surface area contributed by atoms with Crippen molar-refractivity contribution >= 4 is 59.1 Å². The quantitative estimate of drug-likeness (QED) is 0.0225. The summed E-state index contributed by atoms with van der Waals surface area (Å²) in [5, 5.41) is 50.3. The number of ether oxygens (including phenoxy) is 6. The second-order valence-corrected chi connectivity index (χ2v) is 23.3. The molecule has 11 unspecified atom stereocenters. The van der Waals surface area contributed by atoms with E-state index < -0.39 is 125 Å². The number of likely N-dealkylation sites (tertiary alicyclic amines) is 1. The molecular formula is C56H111N7O17S. The Kier molecular flexibility index (Phi) is 40.7. The Morgan fingerprint density at radius 3 is 1.86 bits per heavy atom. The topological polar surface area (TPSA) is 328 Å². The van der Waals surface area contributed by atoms with Gasteiger partial charge in [0.05, 0.1) is 42.3 Å². The normalized spacial score (nSPS) is 24.4. The number of hydrogen-bond donors (Lipinski definition) is 9. The van der Waals surface area contributed by atoms with E-state index in [2.05, 4.69) is 31.9 Å². The molecule has 0 aromatic carbocycles. The lowest BCUT2D eigenvalue weighted by Gasteiger charge is -2.51. The lowest BCUT2D eigenvalue weighted by atomic mass is 9.78. The van der Waals surface area contributed by atoms with E-state index in [4.69, 9.17) is 28.4 Å². The van der Waals surface area contributed by atoms with Crippen LogP contribution in [0.15, 0.2) is 0 Å². The first-order valence-corrected chi connectivity index (χ1v) is 27.0. The Labute approximate surface area is 489 Å². The predicted octanol–water partition coefficient (Wildman–Crippen LogP) is 3.13. The lowest BCUT2D eigenvalue weighted by Crippen LogP contribution is -2.69. The summed E-state index contributed by atoms with van der Waals surface area (Å²) in [6, 6.07) is -0.907. The first-order chi connectivity index (χ1) is 35.0. The van der Waals surface area contributed by atoms with Crippen LogP contribution in [0.2, 0.25) is 0 Å². The van der Waals surface area contributed by atoms with E-state index in [1.165, 1.54) is 18.7 Å². The van der Waals surface area contributed by atoms with E-state index in [-0.39, 0.29) is 133 Å². The van der Waals surface area contributed by atoms with Gasteiger partial charge in [0, 0.05) is 70.2 Å². The van der Waals surface area contributed by atoms with Gasteiger partial charge in [0.1, 0.15) is 43.5 Å². The minimum atomic E-state index is -1.74. The van der Waals surface area contributed by atoms with E-state index in [0.29, 0.717) is 13.0 Å². The van der Waals surface area contributed by atoms with Gasteiger partial charge in [-0.1, -0.05) is 72.3 Å². The Bertz CT molecular complexity index is 1900. The average molecular weight is 1190 g/mol. The zero-order valence-electron chi connectivity index (χ0n) is 45.8. The number of esters is 1. The summed E-state index contributed by atoms with van der Waals surface area (Å²) in [7, 11) is 0. The molecule has 81 heavy (non-hydrogen) atoms. The van der Waals surface area contributed by atoms with Crippen molar-refractivity contribution in [3.05, 3.63) is 0 Å². The minimum absolute atomic E-state index is 0. The third-order valence-electron chi connectivity index (χ3n) is 12.0. The molecular weight excluding hydrogens is 1070 g/mol. The number of amides is 7. The van der Waals surface area contributed by atoms with E-state index in [0.717, 1.165) is 17.9 Å². The van der Waals surface area contributed by atoms with Crippen molar-refractivity contribution in [3.8, 4) is 0 Å². The van der Waals surface area contributed by atoms with Crippen LogP contribution in [-0.4, -0.2) is 210 Å². The fourth-order valence-electron chi connectivity index (χ4n) is 8.38. The summed E-state index contributed by atoms with van der Waals surface area (Å²) in [6.07, 6.45) is -11.0. The fraction of sp³-hybridized carbons (Fsp3) is 0.857. The number of hydrogen-bond acceptors (Lipinski definition) is 19. The van der Waals surface area contributed by atoms with Crippen molar-refractivity contribution in [2.45, 2.75) is 243 Å². The molecule has 0 saturated carbocycles. The maximum atomic E-state index is 13.7. The zero-order valence-corrected chi connectivity index (χ0v) is 46.6. The van der Waals surface area contributed by atoms with Crippen LogP contribution in [0.5, 0.6) is 0 Å². The summed E-state index contributed by atoms with van der Waals surface area (Å²) in [5.41, 5.74) is -1.46. The number of carbonyl (C=O) groups is 8. The molecule has 3 aliphatic rings. The van der Waals surface area contributed by atoms with Crippen LogP contribution in [0.3, 0.4) is 0 Å². The van der Waals surface area contributed by atoms with E-state index in [1.54, 1.807) is 20.8 Å². The molecule has 0 aliphatic carbocycles.